The molecule has 2 aromatic carbocycles. The maximum absolute atomic E-state index is 13.5. The molecule has 1 aromatic heterocycles. The van der Waals surface area contributed by atoms with E-state index in [2.05, 4.69) is 10.5 Å². The Balaban J connectivity index is 1.54. The summed E-state index contributed by atoms with van der Waals surface area (Å²) in [4.78, 5) is 13.5. The van der Waals surface area contributed by atoms with Gasteiger partial charge in [0.1, 0.15) is 11.5 Å². The van der Waals surface area contributed by atoms with Gasteiger partial charge in [-0.15, -0.1) is 0 Å². The molecule has 0 unspecified atom stereocenters. The van der Waals surface area contributed by atoms with Gasteiger partial charge in [0, 0.05) is 23.6 Å². The molecule has 0 radical (unpaired) electrons. The van der Waals surface area contributed by atoms with Gasteiger partial charge in [-0.1, -0.05) is 29.4 Å². The smallest absolute Gasteiger partial charge is 0.233 e. The van der Waals surface area contributed by atoms with Gasteiger partial charge in [0.05, 0.1) is 25.0 Å². The highest BCUT2D eigenvalue weighted by molar-refractivity contribution is 6.01. The number of Topliss-reactive ketones (excluding diaryl/α,β-unsaturated/α-hetero) is 1. The number of rotatable bonds is 5. The van der Waals surface area contributed by atoms with Crippen LogP contribution in [0.4, 0.5) is 5.88 Å². The topological polar surface area (TPSA) is 73.6 Å². The van der Waals surface area contributed by atoms with E-state index in [0.29, 0.717) is 18.9 Å². The summed E-state index contributed by atoms with van der Waals surface area (Å²) in [7, 11) is 1.65. The Morgan fingerprint density at radius 3 is 2.41 bits per heavy atom. The van der Waals surface area contributed by atoms with Gasteiger partial charge in [0.2, 0.25) is 5.88 Å². The molecular weight excluding hydrogens is 404 g/mol. The summed E-state index contributed by atoms with van der Waals surface area (Å²) in [5.41, 5.74) is 5.63. The van der Waals surface area contributed by atoms with Crippen LogP contribution in [0.3, 0.4) is 0 Å². The van der Waals surface area contributed by atoms with Crippen molar-refractivity contribution in [3.8, 4) is 11.5 Å². The maximum atomic E-state index is 13.5. The van der Waals surface area contributed by atoms with E-state index >= 15 is 0 Å². The molecule has 2 atom stereocenters. The number of aromatic nitrogens is 1. The minimum absolute atomic E-state index is 0.103. The second kappa shape index (κ2) is 8.19. The Kier molecular flexibility index (Phi) is 5.21. The van der Waals surface area contributed by atoms with E-state index in [4.69, 9.17) is 14.0 Å². The summed E-state index contributed by atoms with van der Waals surface area (Å²) in [6.07, 6.45) is 1.21. The number of ketones is 1. The van der Waals surface area contributed by atoms with Crippen molar-refractivity contribution in [2.75, 3.05) is 19.0 Å². The molecule has 2 heterocycles. The van der Waals surface area contributed by atoms with E-state index in [-0.39, 0.29) is 17.6 Å². The second-order valence-corrected chi connectivity index (χ2v) is 8.26. The van der Waals surface area contributed by atoms with E-state index in [1.165, 1.54) is 0 Å². The molecule has 0 amide bonds. The monoisotopic (exact) mass is 430 g/mol. The van der Waals surface area contributed by atoms with Gasteiger partial charge in [-0.05, 0) is 61.6 Å². The van der Waals surface area contributed by atoms with Crippen LogP contribution in [0, 0.1) is 6.92 Å². The second-order valence-electron chi connectivity index (χ2n) is 8.26. The minimum Gasteiger partial charge on any atom is -0.497 e. The summed E-state index contributed by atoms with van der Waals surface area (Å²) >= 11 is 0. The number of allylic oxidation sites excluding steroid dienone is 2. The maximum Gasteiger partial charge on any atom is 0.233 e. The molecule has 1 aliphatic heterocycles. The van der Waals surface area contributed by atoms with Crippen LogP contribution in [0.1, 0.15) is 54.0 Å². The van der Waals surface area contributed by atoms with Crippen LogP contribution in [0.15, 0.2) is 64.3 Å². The third kappa shape index (κ3) is 3.45. The predicted octanol–water partition coefficient (Wildman–Crippen LogP) is 5.35. The van der Waals surface area contributed by atoms with E-state index in [1.54, 1.807) is 7.11 Å². The third-order valence-corrected chi connectivity index (χ3v) is 6.37. The highest BCUT2D eigenvalue weighted by Gasteiger charge is 2.41. The van der Waals surface area contributed by atoms with Crippen molar-refractivity contribution in [3.63, 3.8) is 0 Å². The van der Waals surface area contributed by atoms with Crippen LogP contribution in [0.25, 0.3) is 0 Å². The van der Waals surface area contributed by atoms with Crippen LogP contribution in [-0.4, -0.2) is 24.7 Å². The predicted molar refractivity (Wildman–Crippen MR) is 121 cm³/mol. The van der Waals surface area contributed by atoms with Crippen LogP contribution >= 0.6 is 0 Å². The van der Waals surface area contributed by atoms with E-state index in [0.717, 1.165) is 51.6 Å². The van der Waals surface area contributed by atoms with Gasteiger partial charge in [0.25, 0.3) is 0 Å². The summed E-state index contributed by atoms with van der Waals surface area (Å²) in [6, 6.07) is 15.9. The highest BCUT2D eigenvalue weighted by Crippen LogP contribution is 2.49. The van der Waals surface area contributed by atoms with Gasteiger partial charge in [-0.3, -0.25) is 4.79 Å². The molecular formula is C26H26N2O4. The molecule has 0 fully saturated rings. The van der Waals surface area contributed by atoms with Gasteiger partial charge in [0.15, 0.2) is 5.78 Å². The zero-order chi connectivity index (χ0) is 22.2. The minimum atomic E-state index is -0.201. The molecule has 6 nitrogen and oxygen atoms in total. The number of ether oxygens (including phenoxy) is 2. The molecule has 0 saturated carbocycles. The van der Waals surface area contributed by atoms with Crippen LogP contribution in [0.5, 0.6) is 11.5 Å². The molecule has 2 aliphatic rings. The molecule has 0 saturated heterocycles. The molecule has 1 N–H and O–H groups in total. The van der Waals surface area contributed by atoms with Crippen molar-refractivity contribution in [1.82, 2.24) is 5.16 Å². The van der Waals surface area contributed by atoms with Crippen molar-refractivity contribution in [2.45, 2.75) is 38.5 Å². The van der Waals surface area contributed by atoms with E-state index in [1.807, 2.05) is 62.4 Å². The largest absolute Gasteiger partial charge is 0.497 e. The number of methoxy groups -OCH3 is 1. The number of hydrogen-bond acceptors (Lipinski definition) is 6. The lowest BCUT2D eigenvalue weighted by molar-refractivity contribution is -0.116. The number of nitrogens with zero attached hydrogens (tertiary/aromatic N) is 1. The molecule has 5 rings (SSSR count). The Morgan fingerprint density at radius 1 is 1.03 bits per heavy atom. The average Bonchev–Trinajstić information content (AvgIpc) is 3.18. The molecule has 164 valence electrons. The standard InChI is InChI=1S/C26H26N2O4/c1-4-31-20-11-7-17(8-12-20)24-23-15(2)28-32-26(23)27-21-13-18(14-22(29)25(21)24)16-5-9-19(30-3)10-6-16/h5-12,18,24,27H,4,13-14H2,1-3H3/t18-,24+/m1/s1. The highest BCUT2D eigenvalue weighted by atomic mass is 16.5. The normalized spacial score (nSPS) is 19.8. The number of aryl methyl sites for hydroxylation is 1. The summed E-state index contributed by atoms with van der Waals surface area (Å²) in [5, 5.41) is 7.57. The van der Waals surface area contributed by atoms with Crippen molar-refractivity contribution in [1.29, 1.82) is 0 Å². The number of carbonyl (C=O) groups excluding carboxylic acids is 1. The van der Waals surface area contributed by atoms with Crippen molar-refractivity contribution < 1.29 is 18.8 Å². The van der Waals surface area contributed by atoms with Crippen LogP contribution < -0.4 is 14.8 Å². The number of anilines is 1. The van der Waals surface area contributed by atoms with Crippen LogP contribution in [0.2, 0.25) is 0 Å². The molecule has 1 aliphatic carbocycles. The van der Waals surface area contributed by atoms with Crippen molar-refractivity contribution >= 4 is 11.7 Å². The van der Waals surface area contributed by atoms with Crippen molar-refractivity contribution in [3.05, 3.63) is 82.2 Å². The summed E-state index contributed by atoms with van der Waals surface area (Å²) < 4.78 is 16.5. The molecule has 6 heteroatoms. The first-order chi connectivity index (χ1) is 15.6. The Hall–Kier alpha value is -3.54. The fourth-order valence-electron chi connectivity index (χ4n) is 4.84. The summed E-state index contributed by atoms with van der Waals surface area (Å²) in [5.74, 6) is 2.31. The van der Waals surface area contributed by atoms with Gasteiger partial charge < -0.3 is 19.3 Å². The first kappa shape index (κ1) is 20.4. The van der Waals surface area contributed by atoms with E-state index < -0.39 is 0 Å². The van der Waals surface area contributed by atoms with Gasteiger partial charge in [-0.25, -0.2) is 0 Å². The number of carbonyl (C=O) groups is 1. The van der Waals surface area contributed by atoms with Crippen molar-refractivity contribution in [2.24, 2.45) is 0 Å². The summed E-state index contributed by atoms with van der Waals surface area (Å²) in [6.45, 7) is 4.50. The van der Waals surface area contributed by atoms with Gasteiger partial charge in [-0.2, -0.15) is 0 Å². The van der Waals surface area contributed by atoms with Crippen LogP contribution in [-0.2, 0) is 4.79 Å². The Labute approximate surface area is 187 Å². The molecule has 3 aromatic rings. The number of benzene rings is 2. The molecule has 0 bridgehead atoms. The van der Waals surface area contributed by atoms with E-state index in [9.17, 15) is 4.79 Å². The third-order valence-electron chi connectivity index (χ3n) is 6.37. The molecule has 0 spiro atoms. The first-order valence-electron chi connectivity index (χ1n) is 10.9. The fourth-order valence-corrected chi connectivity index (χ4v) is 4.84. The fraction of sp³-hybridized carbons (Fsp3) is 0.308. The number of nitrogens with one attached hydrogen (secondary N) is 1. The molecule has 32 heavy (non-hydrogen) atoms. The lowest BCUT2D eigenvalue weighted by Crippen LogP contribution is -2.29. The lowest BCUT2D eigenvalue weighted by Gasteiger charge is -2.34. The lowest BCUT2D eigenvalue weighted by atomic mass is 9.72. The quantitative estimate of drug-likeness (QED) is 0.588. The average molecular weight is 431 g/mol. The Bertz CT molecular complexity index is 1180. The Morgan fingerprint density at radius 2 is 1.72 bits per heavy atom. The number of hydrogen-bond donors (Lipinski definition) is 1. The first-order valence-corrected chi connectivity index (χ1v) is 10.9. The van der Waals surface area contributed by atoms with Gasteiger partial charge >= 0.3 is 0 Å². The number of fused-ring (bicyclic) bond motifs is 1. The zero-order valence-corrected chi connectivity index (χ0v) is 18.5. The zero-order valence-electron chi connectivity index (χ0n) is 18.5. The SMILES string of the molecule is CCOc1ccc([C@@H]2C3=C(C[C@@H](c4ccc(OC)cc4)CC3=O)Nc3onc(C)c32)cc1.